The van der Waals surface area contributed by atoms with E-state index in [4.69, 9.17) is 9.97 Å². The first-order valence-corrected chi connectivity index (χ1v) is 8.41. The Labute approximate surface area is 126 Å². The molecule has 0 aromatic carbocycles. The van der Waals surface area contributed by atoms with Crippen LogP contribution in [0.25, 0.3) is 10.2 Å². The molecule has 0 radical (unpaired) electrons. The molecule has 0 spiro atoms. The molecule has 0 aliphatic heterocycles. The van der Waals surface area contributed by atoms with Crippen molar-refractivity contribution in [2.75, 3.05) is 11.9 Å². The quantitative estimate of drug-likeness (QED) is 0.776. The Hall–Kier alpha value is -1.46. The predicted octanol–water partition coefficient (Wildman–Crippen LogP) is 4.39. The van der Waals surface area contributed by atoms with E-state index in [1.807, 2.05) is 0 Å². The number of hydrogen-bond acceptors (Lipinski definition) is 5. The number of nitrogens with one attached hydrogen (secondary N) is 1. The van der Waals surface area contributed by atoms with Crippen LogP contribution in [0.15, 0.2) is 17.5 Å². The van der Waals surface area contributed by atoms with Crippen molar-refractivity contribution in [1.29, 1.82) is 0 Å². The fourth-order valence-corrected chi connectivity index (χ4v) is 3.99. The Kier molecular flexibility index (Phi) is 3.72. The Morgan fingerprint density at radius 2 is 2.10 bits per heavy atom. The lowest BCUT2D eigenvalue weighted by molar-refractivity contribution is 1.00. The summed E-state index contributed by atoms with van der Waals surface area (Å²) in [5.41, 5.74) is 1.30. The summed E-state index contributed by atoms with van der Waals surface area (Å²) in [5.74, 6) is 1.88. The minimum atomic E-state index is 0.808. The van der Waals surface area contributed by atoms with E-state index in [0.29, 0.717) is 0 Å². The van der Waals surface area contributed by atoms with Crippen LogP contribution in [-0.4, -0.2) is 16.5 Å². The van der Waals surface area contributed by atoms with E-state index in [0.717, 1.165) is 29.4 Å². The SMILES string of the molecule is CCNc1nc(Cc2cccs2)nc2sc(C)c(C)c12. The number of fused-ring (bicyclic) bond motifs is 1. The molecule has 3 nitrogen and oxygen atoms in total. The molecule has 0 aliphatic carbocycles. The highest BCUT2D eigenvalue weighted by Crippen LogP contribution is 2.33. The number of anilines is 1. The molecule has 5 heteroatoms. The molecule has 0 saturated carbocycles. The lowest BCUT2D eigenvalue weighted by atomic mass is 10.2. The third kappa shape index (κ3) is 2.43. The fraction of sp³-hybridized carbons (Fsp3) is 0.333. The van der Waals surface area contributed by atoms with E-state index >= 15 is 0 Å². The molecule has 104 valence electrons. The summed E-state index contributed by atoms with van der Waals surface area (Å²) in [6, 6.07) is 4.21. The van der Waals surface area contributed by atoms with Crippen LogP contribution in [0, 0.1) is 13.8 Å². The zero-order chi connectivity index (χ0) is 14.1. The van der Waals surface area contributed by atoms with Crippen molar-refractivity contribution in [2.45, 2.75) is 27.2 Å². The average molecular weight is 303 g/mol. The molecule has 3 heterocycles. The van der Waals surface area contributed by atoms with Gasteiger partial charge in [0, 0.05) is 22.7 Å². The molecular formula is C15H17N3S2. The summed E-state index contributed by atoms with van der Waals surface area (Å²) >= 11 is 3.51. The van der Waals surface area contributed by atoms with Crippen LogP contribution in [0.3, 0.4) is 0 Å². The van der Waals surface area contributed by atoms with Crippen LogP contribution in [0.4, 0.5) is 5.82 Å². The van der Waals surface area contributed by atoms with Gasteiger partial charge in [-0.25, -0.2) is 9.97 Å². The maximum atomic E-state index is 4.75. The van der Waals surface area contributed by atoms with Gasteiger partial charge >= 0.3 is 0 Å². The summed E-state index contributed by atoms with van der Waals surface area (Å²) in [6.45, 7) is 7.27. The molecule has 0 atom stereocenters. The third-order valence-electron chi connectivity index (χ3n) is 3.33. The third-order valence-corrected chi connectivity index (χ3v) is 5.31. The average Bonchev–Trinajstić information content (AvgIpc) is 3.00. The highest BCUT2D eigenvalue weighted by molar-refractivity contribution is 7.18. The maximum Gasteiger partial charge on any atom is 0.138 e. The van der Waals surface area contributed by atoms with E-state index < -0.39 is 0 Å². The van der Waals surface area contributed by atoms with Crippen LogP contribution in [0.1, 0.15) is 28.1 Å². The monoisotopic (exact) mass is 303 g/mol. The van der Waals surface area contributed by atoms with E-state index in [9.17, 15) is 0 Å². The molecule has 20 heavy (non-hydrogen) atoms. The van der Waals surface area contributed by atoms with E-state index in [1.54, 1.807) is 22.7 Å². The summed E-state index contributed by atoms with van der Waals surface area (Å²) < 4.78 is 0. The molecule has 0 bridgehead atoms. The highest BCUT2D eigenvalue weighted by atomic mass is 32.1. The second kappa shape index (κ2) is 5.50. The van der Waals surface area contributed by atoms with Crippen LogP contribution in [0.2, 0.25) is 0 Å². The van der Waals surface area contributed by atoms with Gasteiger partial charge in [0.1, 0.15) is 16.5 Å². The molecule has 3 aromatic heterocycles. The summed E-state index contributed by atoms with van der Waals surface area (Å²) in [6.07, 6.45) is 0.808. The number of hydrogen-bond donors (Lipinski definition) is 1. The van der Waals surface area contributed by atoms with Crippen molar-refractivity contribution in [3.63, 3.8) is 0 Å². The van der Waals surface area contributed by atoms with Crippen molar-refractivity contribution in [1.82, 2.24) is 9.97 Å². The largest absolute Gasteiger partial charge is 0.370 e. The lowest BCUT2D eigenvalue weighted by Gasteiger charge is -2.07. The van der Waals surface area contributed by atoms with Gasteiger partial charge in [-0.1, -0.05) is 6.07 Å². The Bertz CT molecular complexity index is 729. The van der Waals surface area contributed by atoms with Crippen molar-refractivity contribution in [3.05, 3.63) is 38.7 Å². The van der Waals surface area contributed by atoms with Gasteiger partial charge < -0.3 is 5.32 Å². The Morgan fingerprint density at radius 3 is 2.80 bits per heavy atom. The summed E-state index contributed by atoms with van der Waals surface area (Å²) in [7, 11) is 0. The predicted molar refractivity (Wildman–Crippen MR) is 88.2 cm³/mol. The van der Waals surface area contributed by atoms with Gasteiger partial charge in [-0.2, -0.15) is 0 Å². The van der Waals surface area contributed by atoms with Crippen molar-refractivity contribution >= 4 is 38.7 Å². The minimum absolute atomic E-state index is 0.808. The van der Waals surface area contributed by atoms with Gasteiger partial charge in [-0.15, -0.1) is 22.7 Å². The van der Waals surface area contributed by atoms with Crippen molar-refractivity contribution in [3.8, 4) is 0 Å². The first-order chi connectivity index (χ1) is 9.69. The number of nitrogens with zero attached hydrogens (tertiary/aromatic N) is 2. The summed E-state index contributed by atoms with van der Waals surface area (Å²) in [4.78, 5) is 13.2. The van der Waals surface area contributed by atoms with Gasteiger partial charge in [0.05, 0.1) is 5.39 Å². The highest BCUT2D eigenvalue weighted by Gasteiger charge is 2.14. The first-order valence-electron chi connectivity index (χ1n) is 6.72. The van der Waals surface area contributed by atoms with Gasteiger partial charge in [-0.05, 0) is 37.8 Å². The lowest BCUT2D eigenvalue weighted by Crippen LogP contribution is -2.04. The second-order valence-electron chi connectivity index (χ2n) is 4.74. The van der Waals surface area contributed by atoms with E-state index in [1.165, 1.54) is 20.7 Å². The molecule has 0 aliphatic rings. The normalized spacial score (nSPS) is 11.2. The number of rotatable bonds is 4. The zero-order valence-corrected chi connectivity index (χ0v) is 13.5. The van der Waals surface area contributed by atoms with Crippen LogP contribution in [0.5, 0.6) is 0 Å². The molecule has 0 unspecified atom stereocenters. The molecule has 1 N–H and O–H groups in total. The smallest absolute Gasteiger partial charge is 0.138 e. The van der Waals surface area contributed by atoms with Gasteiger partial charge in [0.15, 0.2) is 0 Å². The molecule has 3 rings (SSSR count). The topological polar surface area (TPSA) is 37.8 Å². The standard InChI is InChI=1S/C15H17N3S2/c1-4-16-14-13-9(2)10(3)20-15(13)18-12(17-14)8-11-6-5-7-19-11/h5-7H,4,8H2,1-3H3,(H,16,17,18). The van der Waals surface area contributed by atoms with E-state index in [-0.39, 0.29) is 0 Å². The van der Waals surface area contributed by atoms with Gasteiger partial charge in [-0.3, -0.25) is 0 Å². The molecule has 0 saturated heterocycles. The zero-order valence-electron chi connectivity index (χ0n) is 11.9. The Morgan fingerprint density at radius 1 is 1.25 bits per heavy atom. The van der Waals surface area contributed by atoms with E-state index in [2.05, 4.69) is 43.6 Å². The minimum Gasteiger partial charge on any atom is -0.370 e. The number of thiophene rings is 2. The van der Waals surface area contributed by atoms with Crippen molar-refractivity contribution in [2.24, 2.45) is 0 Å². The van der Waals surface area contributed by atoms with Crippen LogP contribution >= 0.6 is 22.7 Å². The van der Waals surface area contributed by atoms with Crippen LogP contribution in [-0.2, 0) is 6.42 Å². The number of aromatic nitrogens is 2. The fourth-order valence-electron chi connectivity index (χ4n) is 2.24. The van der Waals surface area contributed by atoms with Gasteiger partial charge in [0.2, 0.25) is 0 Å². The molecule has 0 amide bonds. The molecular weight excluding hydrogens is 286 g/mol. The van der Waals surface area contributed by atoms with Crippen LogP contribution < -0.4 is 5.32 Å². The number of aryl methyl sites for hydroxylation is 2. The van der Waals surface area contributed by atoms with Crippen molar-refractivity contribution < 1.29 is 0 Å². The van der Waals surface area contributed by atoms with Gasteiger partial charge in [0.25, 0.3) is 0 Å². The summed E-state index contributed by atoms with van der Waals surface area (Å²) in [5, 5.41) is 6.66. The Balaban J connectivity index is 2.10. The second-order valence-corrected chi connectivity index (χ2v) is 6.97. The maximum absolute atomic E-state index is 4.75. The molecule has 3 aromatic rings. The molecule has 0 fully saturated rings. The first kappa shape index (κ1) is 13.5.